The molecular weight excluding hydrogens is 353 g/mol. The number of nitrogens with one attached hydrogen (secondary N) is 1. The Labute approximate surface area is 156 Å². The maximum absolute atomic E-state index is 13.5. The Morgan fingerprint density at radius 1 is 1.11 bits per heavy atom. The average molecular weight is 373 g/mol. The number of esters is 1. The maximum atomic E-state index is 13.5. The summed E-state index contributed by atoms with van der Waals surface area (Å²) in [6, 6.07) is 11.2. The first-order valence-electron chi connectivity index (χ1n) is 8.10. The van der Waals surface area contributed by atoms with Crippen LogP contribution < -0.4 is 14.8 Å². The lowest BCUT2D eigenvalue weighted by atomic mass is 10.1. The van der Waals surface area contributed by atoms with Crippen LogP contribution in [0, 0.1) is 5.82 Å². The number of hydrogen-bond donors (Lipinski definition) is 1. The largest absolute Gasteiger partial charge is 0.497 e. The minimum Gasteiger partial charge on any atom is -0.497 e. The number of carbonyl (C=O) groups is 2. The van der Waals surface area contributed by atoms with Crippen molar-refractivity contribution in [2.24, 2.45) is 0 Å². The van der Waals surface area contributed by atoms with Gasteiger partial charge in [0.25, 0.3) is 5.91 Å². The highest BCUT2D eigenvalue weighted by Gasteiger charge is 2.08. The predicted molar refractivity (Wildman–Crippen MR) is 97.8 cm³/mol. The molecule has 2 aromatic rings. The molecule has 0 aliphatic rings. The van der Waals surface area contributed by atoms with E-state index in [0.29, 0.717) is 22.6 Å². The smallest absolute Gasteiger partial charge is 0.331 e. The maximum Gasteiger partial charge on any atom is 0.331 e. The molecule has 1 amide bonds. The molecule has 0 aliphatic heterocycles. The van der Waals surface area contributed by atoms with Crippen LogP contribution in [0.4, 0.5) is 4.39 Å². The lowest BCUT2D eigenvalue weighted by Gasteiger charge is -2.07. The lowest BCUT2D eigenvalue weighted by molar-refractivity contribution is -0.143. The normalized spacial score (nSPS) is 10.5. The van der Waals surface area contributed by atoms with E-state index in [2.05, 4.69) is 5.32 Å². The number of benzene rings is 2. The fourth-order valence-electron chi connectivity index (χ4n) is 2.20. The van der Waals surface area contributed by atoms with Crippen LogP contribution in [0.2, 0.25) is 0 Å². The van der Waals surface area contributed by atoms with Crippen molar-refractivity contribution >= 4 is 18.0 Å². The number of halogens is 1. The Morgan fingerprint density at radius 2 is 1.89 bits per heavy atom. The topological polar surface area (TPSA) is 73.9 Å². The van der Waals surface area contributed by atoms with Gasteiger partial charge in [0.05, 0.1) is 14.2 Å². The molecule has 0 bridgehead atoms. The summed E-state index contributed by atoms with van der Waals surface area (Å²) in [6.07, 6.45) is 2.68. The van der Waals surface area contributed by atoms with Gasteiger partial charge in [-0.25, -0.2) is 9.18 Å². The Morgan fingerprint density at radius 3 is 2.59 bits per heavy atom. The molecule has 1 N–H and O–H groups in total. The molecule has 0 spiro atoms. The van der Waals surface area contributed by atoms with Gasteiger partial charge in [0, 0.05) is 23.7 Å². The van der Waals surface area contributed by atoms with E-state index in [-0.39, 0.29) is 6.54 Å². The van der Waals surface area contributed by atoms with Crippen LogP contribution in [0.3, 0.4) is 0 Å². The van der Waals surface area contributed by atoms with Crippen molar-refractivity contribution in [2.75, 3.05) is 20.8 Å². The third kappa shape index (κ3) is 6.14. The zero-order valence-electron chi connectivity index (χ0n) is 15.0. The van der Waals surface area contributed by atoms with Gasteiger partial charge in [-0.2, -0.15) is 0 Å². The molecule has 0 fully saturated rings. The highest BCUT2D eigenvalue weighted by molar-refractivity contribution is 5.89. The number of hydrogen-bond acceptors (Lipinski definition) is 5. The van der Waals surface area contributed by atoms with Crippen LogP contribution in [0.25, 0.3) is 6.08 Å². The molecule has 2 rings (SSSR count). The minimum absolute atomic E-state index is 0.0138. The van der Waals surface area contributed by atoms with E-state index in [1.807, 2.05) is 0 Å². The fourth-order valence-corrected chi connectivity index (χ4v) is 2.20. The summed E-state index contributed by atoms with van der Waals surface area (Å²) in [7, 11) is 3.04. The van der Waals surface area contributed by atoms with Crippen LogP contribution in [-0.4, -0.2) is 32.7 Å². The third-order valence-corrected chi connectivity index (χ3v) is 3.62. The summed E-state index contributed by atoms with van der Waals surface area (Å²) in [6.45, 7) is -0.452. The number of carbonyl (C=O) groups excluding carboxylic acids is 2. The highest BCUT2D eigenvalue weighted by Crippen LogP contribution is 2.25. The first kappa shape index (κ1) is 20.0. The van der Waals surface area contributed by atoms with Gasteiger partial charge in [0.15, 0.2) is 6.61 Å². The van der Waals surface area contributed by atoms with Gasteiger partial charge < -0.3 is 19.5 Å². The van der Waals surface area contributed by atoms with Crippen molar-refractivity contribution in [1.82, 2.24) is 5.32 Å². The van der Waals surface area contributed by atoms with E-state index >= 15 is 0 Å². The molecule has 27 heavy (non-hydrogen) atoms. The van der Waals surface area contributed by atoms with Crippen LogP contribution >= 0.6 is 0 Å². The van der Waals surface area contributed by atoms with E-state index < -0.39 is 24.3 Å². The molecule has 0 saturated carbocycles. The number of ether oxygens (including phenoxy) is 3. The molecule has 0 aliphatic carbocycles. The van der Waals surface area contributed by atoms with Crippen molar-refractivity contribution in [1.29, 1.82) is 0 Å². The van der Waals surface area contributed by atoms with Gasteiger partial charge in [-0.1, -0.05) is 18.2 Å². The van der Waals surface area contributed by atoms with Crippen molar-refractivity contribution in [3.05, 3.63) is 65.5 Å². The molecule has 2 aromatic carbocycles. The first-order valence-corrected chi connectivity index (χ1v) is 8.10. The summed E-state index contributed by atoms with van der Waals surface area (Å²) in [5.74, 6) is -0.469. The van der Waals surface area contributed by atoms with Gasteiger partial charge in [-0.3, -0.25) is 4.79 Å². The number of rotatable bonds is 8. The van der Waals surface area contributed by atoms with Gasteiger partial charge in [-0.15, -0.1) is 0 Å². The number of methoxy groups -OCH3 is 2. The van der Waals surface area contributed by atoms with Crippen LogP contribution in [0.15, 0.2) is 48.5 Å². The van der Waals surface area contributed by atoms with Crippen LogP contribution in [0.1, 0.15) is 11.1 Å². The summed E-state index contributed by atoms with van der Waals surface area (Å²) >= 11 is 0. The summed E-state index contributed by atoms with van der Waals surface area (Å²) in [4.78, 5) is 23.5. The molecule has 6 nitrogen and oxygen atoms in total. The van der Waals surface area contributed by atoms with Crippen LogP contribution in [-0.2, 0) is 20.9 Å². The van der Waals surface area contributed by atoms with E-state index in [0.717, 1.165) is 0 Å². The van der Waals surface area contributed by atoms with Gasteiger partial charge >= 0.3 is 5.97 Å². The second kappa shape index (κ2) is 9.96. The van der Waals surface area contributed by atoms with E-state index in [1.165, 1.54) is 32.4 Å². The molecular formula is C20H20FNO5. The number of amides is 1. The van der Waals surface area contributed by atoms with E-state index in [4.69, 9.17) is 14.2 Å². The molecule has 0 atom stereocenters. The summed E-state index contributed by atoms with van der Waals surface area (Å²) in [5.41, 5.74) is 0.972. The molecule has 0 radical (unpaired) electrons. The van der Waals surface area contributed by atoms with Gasteiger partial charge in [-0.05, 0) is 30.3 Å². The van der Waals surface area contributed by atoms with Crippen molar-refractivity contribution < 1.29 is 28.2 Å². The Bertz CT molecular complexity index is 835. The van der Waals surface area contributed by atoms with E-state index in [9.17, 15) is 14.0 Å². The third-order valence-electron chi connectivity index (χ3n) is 3.62. The van der Waals surface area contributed by atoms with Gasteiger partial charge in [0.1, 0.15) is 17.3 Å². The predicted octanol–water partition coefficient (Wildman–Crippen LogP) is 2.72. The Balaban J connectivity index is 1.84. The van der Waals surface area contributed by atoms with Crippen molar-refractivity contribution in [3.8, 4) is 11.5 Å². The highest BCUT2D eigenvalue weighted by atomic mass is 19.1. The van der Waals surface area contributed by atoms with Crippen LogP contribution in [0.5, 0.6) is 11.5 Å². The first-order chi connectivity index (χ1) is 13.0. The Hall–Kier alpha value is -3.35. The zero-order chi connectivity index (χ0) is 19.6. The zero-order valence-corrected chi connectivity index (χ0v) is 15.0. The lowest BCUT2D eigenvalue weighted by Crippen LogP contribution is -2.28. The molecule has 7 heteroatoms. The van der Waals surface area contributed by atoms with Crippen molar-refractivity contribution in [2.45, 2.75) is 6.54 Å². The SMILES string of the molecule is COc1ccc(OC)c(/C=C/C(=O)OCC(=O)NCc2ccccc2F)c1. The fraction of sp³-hybridized carbons (Fsp3) is 0.200. The second-order valence-corrected chi connectivity index (χ2v) is 5.42. The standard InChI is InChI=1S/C20H20FNO5/c1-25-16-8-9-18(26-2)14(11-16)7-10-20(24)27-13-19(23)22-12-15-5-3-4-6-17(15)21/h3-11H,12-13H2,1-2H3,(H,22,23)/b10-7+. The summed E-state index contributed by atoms with van der Waals surface area (Å²) in [5, 5.41) is 2.49. The molecule has 142 valence electrons. The van der Waals surface area contributed by atoms with Crippen molar-refractivity contribution in [3.63, 3.8) is 0 Å². The molecule has 0 heterocycles. The molecule has 0 saturated heterocycles. The molecule has 0 unspecified atom stereocenters. The second-order valence-electron chi connectivity index (χ2n) is 5.42. The van der Waals surface area contributed by atoms with E-state index in [1.54, 1.807) is 36.4 Å². The summed E-state index contributed by atoms with van der Waals surface area (Å²) < 4.78 is 28.7. The van der Waals surface area contributed by atoms with Gasteiger partial charge in [0.2, 0.25) is 0 Å². The quantitative estimate of drug-likeness (QED) is 0.569. The monoisotopic (exact) mass is 373 g/mol. The minimum atomic E-state index is -0.694. The Kier molecular flexibility index (Phi) is 7.37. The average Bonchev–Trinajstić information content (AvgIpc) is 2.69. The molecule has 0 aromatic heterocycles.